The Labute approximate surface area is 309 Å². The molecule has 0 bridgehead atoms. The van der Waals surface area contributed by atoms with Gasteiger partial charge in [0.05, 0.1) is 14.7 Å². The molecule has 284 valence electrons. The fourth-order valence-electron chi connectivity index (χ4n) is 7.51. The molecule has 0 radical (unpaired) electrons. The van der Waals surface area contributed by atoms with Crippen molar-refractivity contribution in [3.63, 3.8) is 0 Å². The summed E-state index contributed by atoms with van der Waals surface area (Å²) in [5, 5.41) is 0. The van der Waals surface area contributed by atoms with E-state index in [9.17, 15) is 25.3 Å². The molecule has 0 unspecified atom stereocenters. The average Bonchev–Trinajstić information content (AvgIpc) is 2.97. The number of sulfonamides is 3. The number of unbranched alkanes of at least 4 members (excludes halogenated alkanes) is 2. The molecule has 0 saturated heterocycles. The highest BCUT2D eigenvalue weighted by atomic mass is 32.2. The van der Waals surface area contributed by atoms with Crippen molar-refractivity contribution in [2.75, 3.05) is 39.3 Å². The van der Waals surface area contributed by atoms with E-state index < -0.39 is 30.1 Å². The highest BCUT2D eigenvalue weighted by molar-refractivity contribution is 7.89. The molecule has 0 aliphatic rings. The van der Waals surface area contributed by atoms with Crippen LogP contribution >= 0.6 is 0 Å². The van der Waals surface area contributed by atoms with Gasteiger partial charge in [-0.2, -0.15) is 12.9 Å². The normalized spacial score (nSPS) is 12.8. The predicted octanol–water partition coefficient (Wildman–Crippen LogP) is 7.44. The first kappa shape index (κ1) is 42.8. The Morgan fingerprint density at radius 2 is 0.569 bits per heavy atom. The maximum absolute atomic E-state index is 14.3. The standard InChI is InChI=1S/C39H59N3O6S3/c1-12-40(49(43,44)37-31(6)22-28(3)23-32(37)7)18-14-16-20-42(51(47,48)39-35(10)26-30(5)27-36(39)11)21-17-15-19-41(13-2)50(45,46)38-33(8)24-29(4)25-34(38)9/h22-27H,12-21H2,1-11H3. The van der Waals surface area contributed by atoms with Crippen LogP contribution in [0.4, 0.5) is 0 Å². The molecule has 0 N–H and O–H groups in total. The zero-order chi connectivity index (χ0) is 38.5. The third kappa shape index (κ3) is 9.88. The van der Waals surface area contributed by atoms with E-state index in [1.165, 1.54) is 12.9 Å². The lowest BCUT2D eigenvalue weighted by Gasteiger charge is -2.27. The topological polar surface area (TPSA) is 112 Å². The minimum absolute atomic E-state index is 0.215. The smallest absolute Gasteiger partial charge is 0.207 e. The van der Waals surface area contributed by atoms with Gasteiger partial charge in [0.2, 0.25) is 30.1 Å². The second-order valence-electron chi connectivity index (χ2n) is 14.0. The minimum Gasteiger partial charge on any atom is -0.207 e. The van der Waals surface area contributed by atoms with Gasteiger partial charge < -0.3 is 0 Å². The van der Waals surface area contributed by atoms with Crippen LogP contribution in [0.1, 0.15) is 89.6 Å². The summed E-state index contributed by atoms with van der Waals surface area (Å²) in [6.45, 7) is 21.9. The number of hydrogen-bond donors (Lipinski definition) is 0. The van der Waals surface area contributed by atoms with Gasteiger partial charge in [0.25, 0.3) is 0 Å². The maximum Gasteiger partial charge on any atom is 0.243 e. The molecule has 51 heavy (non-hydrogen) atoms. The van der Waals surface area contributed by atoms with E-state index in [1.807, 2.05) is 113 Å². The van der Waals surface area contributed by atoms with Crippen molar-refractivity contribution in [3.05, 3.63) is 86.5 Å². The molecule has 0 aliphatic heterocycles. The van der Waals surface area contributed by atoms with Crippen LogP contribution in [0.25, 0.3) is 0 Å². The van der Waals surface area contributed by atoms with Crippen LogP contribution in [0, 0.1) is 62.3 Å². The van der Waals surface area contributed by atoms with Crippen molar-refractivity contribution in [2.45, 2.75) is 117 Å². The number of benzene rings is 3. The monoisotopic (exact) mass is 761 g/mol. The lowest BCUT2D eigenvalue weighted by molar-refractivity contribution is 0.357. The van der Waals surface area contributed by atoms with Gasteiger partial charge in [0.1, 0.15) is 0 Å². The van der Waals surface area contributed by atoms with Crippen LogP contribution in [0.5, 0.6) is 0 Å². The van der Waals surface area contributed by atoms with Crippen LogP contribution in [-0.4, -0.2) is 77.4 Å². The predicted molar refractivity (Wildman–Crippen MR) is 208 cm³/mol. The Kier molecular flexibility index (Phi) is 14.7. The first-order valence-electron chi connectivity index (χ1n) is 17.9. The summed E-state index contributed by atoms with van der Waals surface area (Å²) in [4.78, 5) is 0.958. The van der Waals surface area contributed by atoms with Crippen LogP contribution in [0.2, 0.25) is 0 Å². The number of aryl methyl sites for hydroxylation is 9. The molecule has 0 amide bonds. The third-order valence-electron chi connectivity index (χ3n) is 9.44. The van der Waals surface area contributed by atoms with E-state index in [2.05, 4.69) is 0 Å². The lowest BCUT2D eigenvalue weighted by Crippen LogP contribution is -2.36. The van der Waals surface area contributed by atoms with Crippen molar-refractivity contribution in [2.24, 2.45) is 0 Å². The van der Waals surface area contributed by atoms with Crippen molar-refractivity contribution in [1.82, 2.24) is 12.9 Å². The van der Waals surface area contributed by atoms with E-state index in [0.717, 1.165) is 16.7 Å². The minimum atomic E-state index is -3.90. The molecule has 0 aromatic heterocycles. The number of rotatable bonds is 18. The number of hydrogen-bond acceptors (Lipinski definition) is 6. The summed E-state index contributed by atoms with van der Waals surface area (Å²) in [7, 11) is -11.4. The SMILES string of the molecule is CCN(CCCCN(CCCCN(CC)S(=O)(=O)c1c(C)cc(C)cc1C)S(=O)(=O)c1c(C)cc(C)cc1C)S(=O)(=O)c1c(C)cc(C)cc1C. The van der Waals surface area contributed by atoms with Crippen molar-refractivity contribution >= 4 is 30.1 Å². The van der Waals surface area contributed by atoms with Crippen molar-refractivity contribution < 1.29 is 25.3 Å². The highest BCUT2D eigenvalue weighted by Crippen LogP contribution is 2.29. The lowest BCUT2D eigenvalue weighted by atomic mass is 10.1. The molecule has 3 rings (SSSR count). The van der Waals surface area contributed by atoms with E-state index in [-0.39, 0.29) is 26.2 Å². The van der Waals surface area contributed by atoms with Gasteiger partial charge in [-0.1, -0.05) is 66.9 Å². The first-order chi connectivity index (χ1) is 23.7. The quantitative estimate of drug-likeness (QED) is 0.125. The molecule has 3 aromatic rings. The molecule has 0 heterocycles. The summed E-state index contributed by atoms with van der Waals surface area (Å²) in [5.41, 5.74) is 7.21. The zero-order valence-corrected chi connectivity index (χ0v) is 35.0. The van der Waals surface area contributed by atoms with Gasteiger partial charge in [-0.25, -0.2) is 25.3 Å². The second-order valence-corrected chi connectivity index (χ2v) is 19.6. The molecule has 9 nitrogen and oxygen atoms in total. The van der Waals surface area contributed by atoms with Crippen LogP contribution in [0.15, 0.2) is 51.1 Å². The van der Waals surface area contributed by atoms with Gasteiger partial charge in [0, 0.05) is 39.3 Å². The Morgan fingerprint density at radius 1 is 0.373 bits per heavy atom. The molecule has 0 fully saturated rings. The molecular weight excluding hydrogens is 703 g/mol. The summed E-state index contributed by atoms with van der Waals surface area (Å²) in [6.07, 6.45) is 1.88. The first-order valence-corrected chi connectivity index (χ1v) is 22.3. The second kappa shape index (κ2) is 17.5. The summed E-state index contributed by atoms with van der Waals surface area (Å²) in [5.74, 6) is 0. The largest absolute Gasteiger partial charge is 0.243 e. The van der Waals surface area contributed by atoms with Gasteiger partial charge in [-0.15, -0.1) is 0 Å². The maximum atomic E-state index is 14.3. The molecule has 0 aliphatic carbocycles. The summed E-state index contributed by atoms with van der Waals surface area (Å²) < 4.78 is 87.9. The molecule has 12 heteroatoms. The van der Waals surface area contributed by atoms with E-state index in [4.69, 9.17) is 0 Å². The van der Waals surface area contributed by atoms with Crippen LogP contribution in [-0.2, 0) is 30.1 Å². The Morgan fingerprint density at radius 3 is 0.784 bits per heavy atom. The van der Waals surface area contributed by atoms with Crippen molar-refractivity contribution in [1.29, 1.82) is 0 Å². The van der Waals surface area contributed by atoms with Crippen LogP contribution < -0.4 is 0 Å². The third-order valence-corrected chi connectivity index (χ3v) is 16.2. The molecule has 0 spiro atoms. The molecule has 0 saturated carbocycles. The average molecular weight is 762 g/mol. The highest BCUT2D eigenvalue weighted by Gasteiger charge is 2.30. The Balaban J connectivity index is 1.80. The summed E-state index contributed by atoms with van der Waals surface area (Å²) in [6, 6.07) is 11.3. The van der Waals surface area contributed by atoms with E-state index >= 15 is 0 Å². The van der Waals surface area contributed by atoms with E-state index in [0.29, 0.717) is 86.8 Å². The summed E-state index contributed by atoms with van der Waals surface area (Å²) >= 11 is 0. The molecule has 0 atom stereocenters. The molecule has 3 aromatic carbocycles. The van der Waals surface area contributed by atoms with Gasteiger partial charge in [-0.05, 0) is 121 Å². The van der Waals surface area contributed by atoms with Gasteiger partial charge in [-0.3, -0.25) is 0 Å². The Bertz CT molecular complexity index is 1870. The fourth-order valence-corrected chi connectivity index (χ4v) is 13.2. The zero-order valence-electron chi connectivity index (χ0n) is 32.6. The molecular formula is C39H59N3O6S3. The van der Waals surface area contributed by atoms with Gasteiger partial charge in [0.15, 0.2) is 0 Å². The fraction of sp³-hybridized carbons (Fsp3) is 0.538. The van der Waals surface area contributed by atoms with E-state index in [1.54, 1.807) is 0 Å². The number of nitrogens with zero attached hydrogens (tertiary/aromatic N) is 3. The Hall–Kier alpha value is -2.61. The van der Waals surface area contributed by atoms with Gasteiger partial charge >= 0.3 is 0 Å². The van der Waals surface area contributed by atoms with Crippen molar-refractivity contribution in [3.8, 4) is 0 Å². The van der Waals surface area contributed by atoms with Crippen LogP contribution in [0.3, 0.4) is 0 Å².